The highest BCUT2D eigenvalue weighted by Crippen LogP contribution is 2.37. The standard InChI is InChI=1S/C43H30Cl2N4O4S/c44-31-21-18-30(35(45)25-31)24-37(48-40(50)28-12-5-2-6-13-28)41(51)47-33-14-9-15-34(26-33)54-39(27-10-3-1-4-11-27)42(52)46-32-22-19-29(20-23-32)43-49-36-16-7-8-17-38(36)53-43/h1-26,39H,(H,46,52)(H,47,51)(H,48,50)/b37-24+. The van der Waals surface area contributed by atoms with Crippen LogP contribution in [0, 0.1) is 0 Å². The third-order valence-corrected chi connectivity index (χ3v) is 9.98. The number of hydrogen-bond donors (Lipinski definition) is 3. The zero-order chi connectivity index (χ0) is 37.4. The van der Waals surface area contributed by atoms with Gasteiger partial charge in [0.25, 0.3) is 11.8 Å². The Labute approximate surface area is 325 Å². The summed E-state index contributed by atoms with van der Waals surface area (Å²) in [6, 6.07) is 44.9. The number of oxazole rings is 1. The minimum atomic E-state index is -0.637. The summed E-state index contributed by atoms with van der Waals surface area (Å²) in [6.07, 6.45) is 1.49. The lowest BCUT2D eigenvalue weighted by atomic mass is 10.1. The third kappa shape index (κ3) is 8.90. The van der Waals surface area contributed by atoms with Gasteiger partial charge in [0, 0.05) is 37.4 Å². The molecule has 1 atom stereocenters. The minimum Gasteiger partial charge on any atom is -0.436 e. The maximum Gasteiger partial charge on any atom is 0.272 e. The summed E-state index contributed by atoms with van der Waals surface area (Å²) in [5.74, 6) is -0.785. The number of carbonyl (C=O) groups is 3. The average molecular weight is 770 g/mol. The summed E-state index contributed by atoms with van der Waals surface area (Å²) in [5, 5.41) is 8.75. The second kappa shape index (κ2) is 16.7. The fourth-order valence-corrected chi connectivity index (χ4v) is 7.05. The Kier molecular flexibility index (Phi) is 11.2. The smallest absolute Gasteiger partial charge is 0.272 e. The highest BCUT2D eigenvalue weighted by atomic mass is 35.5. The predicted molar refractivity (Wildman–Crippen MR) is 217 cm³/mol. The van der Waals surface area contributed by atoms with Crippen LogP contribution in [0.15, 0.2) is 167 Å². The van der Waals surface area contributed by atoms with Crippen LogP contribution < -0.4 is 16.0 Å². The number of carbonyl (C=O) groups excluding carboxylic acids is 3. The van der Waals surface area contributed by atoms with Gasteiger partial charge >= 0.3 is 0 Å². The van der Waals surface area contributed by atoms with Crippen molar-refractivity contribution in [1.29, 1.82) is 0 Å². The normalized spacial score (nSPS) is 11.9. The number of benzene rings is 6. The summed E-state index contributed by atoms with van der Waals surface area (Å²) in [7, 11) is 0. The molecule has 0 aliphatic rings. The van der Waals surface area contributed by atoms with Gasteiger partial charge in [0.05, 0.1) is 0 Å². The summed E-state index contributed by atoms with van der Waals surface area (Å²) < 4.78 is 5.90. The van der Waals surface area contributed by atoms with Crippen LogP contribution in [0.3, 0.4) is 0 Å². The SMILES string of the molecule is O=C(Nc1cccc(SC(C(=O)Nc2ccc(-c3nc4ccccc4o3)cc2)c2ccccc2)c1)/C(=C\c1ccc(Cl)cc1Cl)NC(=O)c1ccccc1. The number of halogens is 2. The van der Waals surface area contributed by atoms with E-state index < -0.39 is 17.1 Å². The topological polar surface area (TPSA) is 113 Å². The number of nitrogens with zero attached hydrogens (tertiary/aromatic N) is 1. The average Bonchev–Trinajstić information content (AvgIpc) is 3.63. The fraction of sp³-hybridized carbons (Fsp3) is 0.0233. The highest BCUT2D eigenvalue weighted by Gasteiger charge is 2.23. The van der Waals surface area contributed by atoms with Crippen molar-refractivity contribution in [2.45, 2.75) is 10.1 Å². The Morgan fingerprint density at radius 2 is 1.43 bits per heavy atom. The zero-order valence-electron chi connectivity index (χ0n) is 28.3. The lowest BCUT2D eigenvalue weighted by molar-refractivity contribution is -0.116. The molecule has 0 aliphatic carbocycles. The van der Waals surface area contributed by atoms with E-state index in [9.17, 15) is 14.4 Å². The van der Waals surface area contributed by atoms with E-state index >= 15 is 0 Å². The van der Waals surface area contributed by atoms with E-state index in [1.165, 1.54) is 17.8 Å². The van der Waals surface area contributed by atoms with Crippen LogP contribution in [-0.4, -0.2) is 22.7 Å². The second-order valence-corrected chi connectivity index (χ2v) is 14.0. The van der Waals surface area contributed by atoms with Gasteiger partial charge in [-0.1, -0.05) is 96.0 Å². The number of fused-ring (bicyclic) bond motifs is 1. The first kappa shape index (κ1) is 36.2. The first-order valence-electron chi connectivity index (χ1n) is 16.7. The monoisotopic (exact) mass is 768 g/mol. The Balaban J connectivity index is 1.09. The molecule has 8 nitrogen and oxygen atoms in total. The van der Waals surface area contributed by atoms with E-state index in [-0.39, 0.29) is 11.6 Å². The van der Waals surface area contributed by atoms with Crippen LogP contribution in [0.5, 0.6) is 0 Å². The number of para-hydroxylation sites is 2. The van der Waals surface area contributed by atoms with Crippen LogP contribution in [0.2, 0.25) is 10.0 Å². The van der Waals surface area contributed by atoms with Gasteiger partial charge in [-0.3, -0.25) is 14.4 Å². The number of anilines is 2. The van der Waals surface area contributed by atoms with Crippen LogP contribution in [-0.2, 0) is 9.59 Å². The predicted octanol–water partition coefficient (Wildman–Crippen LogP) is 10.7. The molecule has 54 heavy (non-hydrogen) atoms. The molecule has 3 N–H and O–H groups in total. The Morgan fingerprint density at radius 3 is 2.17 bits per heavy atom. The molecule has 3 amide bonds. The van der Waals surface area contributed by atoms with Crippen LogP contribution in [0.25, 0.3) is 28.6 Å². The van der Waals surface area contributed by atoms with E-state index in [4.69, 9.17) is 27.6 Å². The van der Waals surface area contributed by atoms with Gasteiger partial charge in [-0.15, -0.1) is 11.8 Å². The molecule has 0 spiro atoms. The molecule has 0 aliphatic heterocycles. The Morgan fingerprint density at radius 1 is 0.704 bits per heavy atom. The molecular formula is C43H30Cl2N4O4S. The molecule has 0 saturated carbocycles. The van der Waals surface area contributed by atoms with Crippen molar-refractivity contribution < 1.29 is 18.8 Å². The molecule has 6 aromatic carbocycles. The molecule has 1 aromatic heterocycles. The number of aromatic nitrogens is 1. The van der Waals surface area contributed by atoms with E-state index in [0.29, 0.717) is 44.0 Å². The van der Waals surface area contributed by atoms with E-state index in [1.54, 1.807) is 66.7 Å². The molecule has 7 rings (SSSR count). The maximum absolute atomic E-state index is 13.9. The lowest BCUT2D eigenvalue weighted by Gasteiger charge is -2.18. The van der Waals surface area contributed by atoms with Crippen LogP contribution >= 0.6 is 35.0 Å². The first-order chi connectivity index (χ1) is 26.3. The van der Waals surface area contributed by atoms with Gasteiger partial charge < -0.3 is 20.4 Å². The van der Waals surface area contributed by atoms with Crippen molar-refractivity contribution in [2.75, 3.05) is 10.6 Å². The van der Waals surface area contributed by atoms with Crippen molar-refractivity contribution in [1.82, 2.24) is 10.3 Å². The molecule has 266 valence electrons. The van der Waals surface area contributed by atoms with Crippen LogP contribution in [0.4, 0.5) is 11.4 Å². The van der Waals surface area contributed by atoms with Crippen molar-refractivity contribution in [3.05, 3.63) is 184 Å². The zero-order valence-corrected chi connectivity index (χ0v) is 30.7. The number of thioether (sulfide) groups is 1. The van der Waals surface area contributed by atoms with Gasteiger partial charge in [-0.05, 0) is 96.1 Å². The quantitative estimate of drug-likeness (QED) is 0.0892. The Bertz CT molecular complexity index is 2460. The number of nitrogens with one attached hydrogen (secondary N) is 3. The van der Waals surface area contributed by atoms with Gasteiger partial charge in [0.15, 0.2) is 5.58 Å². The molecule has 0 fully saturated rings. The Hall–Kier alpha value is -6.13. The van der Waals surface area contributed by atoms with Crippen LogP contribution in [0.1, 0.15) is 26.7 Å². The van der Waals surface area contributed by atoms with E-state index in [1.807, 2.05) is 84.9 Å². The number of amides is 3. The van der Waals surface area contributed by atoms with E-state index in [0.717, 1.165) is 21.5 Å². The van der Waals surface area contributed by atoms with Gasteiger partial charge in [0.2, 0.25) is 11.8 Å². The first-order valence-corrected chi connectivity index (χ1v) is 18.4. The van der Waals surface area contributed by atoms with Crippen molar-refractivity contribution in [2.24, 2.45) is 0 Å². The summed E-state index contributed by atoms with van der Waals surface area (Å²) in [5.41, 5.74) is 4.94. The number of rotatable bonds is 11. The van der Waals surface area contributed by atoms with Gasteiger partial charge in [0.1, 0.15) is 16.5 Å². The molecule has 0 bridgehead atoms. The minimum absolute atomic E-state index is 0.0326. The van der Waals surface area contributed by atoms with Crippen molar-refractivity contribution in [3.63, 3.8) is 0 Å². The summed E-state index contributed by atoms with van der Waals surface area (Å²) >= 11 is 13.8. The molecule has 1 unspecified atom stereocenters. The molecule has 11 heteroatoms. The third-order valence-electron chi connectivity index (χ3n) is 8.17. The summed E-state index contributed by atoms with van der Waals surface area (Å²) in [4.78, 5) is 46.0. The molecule has 7 aromatic rings. The van der Waals surface area contributed by atoms with E-state index in [2.05, 4.69) is 20.9 Å². The maximum atomic E-state index is 13.9. The lowest BCUT2D eigenvalue weighted by Crippen LogP contribution is -2.30. The molecule has 0 radical (unpaired) electrons. The second-order valence-electron chi connectivity index (χ2n) is 12.0. The van der Waals surface area contributed by atoms with Crippen molar-refractivity contribution in [3.8, 4) is 11.5 Å². The summed E-state index contributed by atoms with van der Waals surface area (Å²) in [6.45, 7) is 0. The molecule has 1 heterocycles. The molecule has 0 saturated heterocycles. The highest BCUT2D eigenvalue weighted by molar-refractivity contribution is 8.00. The number of hydrogen-bond acceptors (Lipinski definition) is 6. The largest absolute Gasteiger partial charge is 0.436 e. The van der Waals surface area contributed by atoms with Gasteiger partial charge in [-0.25, -0.2) is 4.98 Å². The molecular weight excluding hydrogens is 739 g/mol. The fourth-order valence-electron chi connectivity index (χ4n) is 5.50. The van der Waals surface area contributed by atoms with Crippen molar-refractivity contribution >= 4 is 81.2 Å². The van der Waals surface area contributed by atoms with Gasteiger partial charge in [-0.2, -0.15) is 0 Å².